The van der Waals surface area contributed by atoms with Crippen LogP contribution in [0, 0.1) is 0 Å². The summed E-state index contributed by atoms with van der Waals surface area (Å²) in [7, 11) is 0. The van der Waals surface area contributed by atoms with Gasteiger partial charge in [0.25, 0.3) is 0 Å². The van der Waals surface area contributed by atoms with Gasteiger partial charge in [0.15, 0.2) is 0 Å². The summed E-state index contributed by atoms with van der Waals surface area (Å²) in [5, 5.41) is 0. The van der Waals surface area contributed by atoms with E-state index in [0.29, 0.717) is 18.7 Å². The number of hydrogen-bond donors (Lipinski definition) is 1. The molecule has 2 rings (SSSR count). The number of benzene rings is 1. The average molecular weight is 365 g/mol. The van der Waals surface area contributed by atoms with E-state index in [0.717, 1.165) is 31.4 Å². The Morgan fingerprint density at radius 2 is 2.08 bits per heavy atom. The fourth-order valence-corrected chi connectivity index (χ4v) is 3.09. The van der Waals surface area contributed by atoms with Crippen molar-refractivity contribution in [2.24, 2.45) is 5.73 Å². The Balaban J connectivity index is 0.00000288. The van der Waals surface area contributed by atoms with Crippen LogP contribution in [-0.2, 0) is 11.0 Å². The molecule has 0 saturated carbocycles. The Morgan fingerprint density at radius 3 is 2.71 bits per heavy atom. The lowest BCUT2D eigenvalue weighted by Gasteiger charge is -2.35. The largest absolute Gasteiger partial charge is 0.416 e. The minimum absolute atomic E-state index is 0. The summed E-state index contributed by atoms with van der Waals surface area (Å²) in [6, 6.07) is 5.28. The van der Waals surface area contributed by atoms with Gasteiger partial charge in [0.1, 0.15) is 0 Å². The summed E-state index contributed by atoms with van der Waals surface area (Å²) in [6.45, 7) is 2.91. The van der Waals surface area contributed by atoms with E-state index in [-0.39, 0.29) is 36.7 Å². The molecule has 1 heterocycles. The SMILES string of the molecule is CC(CC(=O)N1CCCCC1CN)c1cccc(C(F)(F)F)c1.Cl. The highest BCUT2D eigenvalue weighted by Gasteiger charge is 2.31. The van der Waals surface area contributed by atoms with E-state index in [4.69, 9.17) is 5.73 Å². The second-order valence-electron chi connectivity index (χ2n) is 6.20. The van der Waals surface area contributed by atoms with Crippen molar-refractivity contribution in [1.82, 2.24) is 4.90 Å². The molecule has 2 unspecified atom stereocenters. The van der Waals surface area contributed by atoms with Crippen LogP contribution in [0.4, 0.5) is 13.2 Å². The third-order valence-electron chi connectivity index (χ3n) is 4.48. The van der Waals surface area contributed by atoms with Crippen LogP contribution >= 0.6 is 12.4 Å². The van der Waals surface area contributed by atoms with E-state index in [2.05, 4.69) is 0 Å². The first-order valence-corrected chi connectivity index (χ1v) is 7.99. The molecule has 1 aromatic carbocycles. The van der Waals surface area contributed by atoms with Crippen LogP contribution in [0.1, 0.15) is 49.7 Å². The maximum Gasteiger partial charge on any atom is 0.416 e. The summed E-state index contributed by atoms with van der Waals surface area (Å²) < 4.78 is 38.4. The number of carbonyl (C=O) groups excluding carboxylic acids is 1. The molecule has 0 aromatic heterocycles. The predicted octanol–water partition coefficient (Wildman–Crippen LogP) is 3.96. The van der Waals surface area contributed by atoms with E-state index >= 15 is 0 Å². The first-order valence-electron chi connectivity index (χ1n) is 7.99. The number of hydrogen-bond acceptors (Lipinski definition) is 2. The summed E-state index contributed by atoms with van der Waals surface area (Å²) >= 11 is 0. The van der Waals surface area contributed by atoms with Gasteiger partial charge in [-0.15, -0.1) is 12.4 Å². The number of piperidine rings is 1. The summed E-state index contributed by atoms with van der Waals surface area (Å²) in [5.74, 6) is -0.282. The van der Waals surface area contributed by atoms with Crippen LogP contribution in [0.5, 0.6) is 0 Å². The summed E-state index contributed by atoms with van der Waals surface area (Å²) in [4.78, 5) is 14.3. The predicted molar refractivity (Wildman–Crippen MR) is 90.1 cm³/mol. The first-order chi connectivity index (χ1) is 10.8. The van der Waals surface area contributed by atoms with Crippen molar-refractivity contribution in [3.8, 4) is 0 Å². The summed E-state index contributed by atoms with van der Waals surface area (Å²) in [5.41, 5.74) is 5.58. The standard InChI is InChI=1S/C17H23F3N2O.ClH/c1-12(13-5-4-6-14(10-13)17(18,19)20)9-16(23)22-8-3-2-7-15(22)11-21;/h4-6,10,12,15H,2-3,7-9,11,21H2,1H3;1H. The normalized spacial score (nSPS) is 19.5. The molecule has 24 heavy (non-hydrogen) atoms. The van der Waals surface area contributed by atoms with Gasteiger partial charge in [0, 0.05) is 25.6 Å². The van der Waals surface area contributed by atoms with Crippen LogP contribution < -0.4 is 5.73 Å². The minimum atomic E-state index is -4.36. The number of nitrogens with two attached hydrogens (primary N) is 1. The molecule has 2 atom stereocenters. The van der Waals surface area contributed by atoms with Gasteiger partial charge in [-0.2, -0.15) is 13.2 Å². The fourth-order valence-electron chi connectivity index (χ4n) is 3.09. The fraction of sp³-hybridized carbons (Fsp3) is 0.588. The topological polar surface area (TPSA) is 46.3 Å². The lowest BCUT2D eigenvalue weighted by atomic mass is 9.94. The van der Waals surface area contributed by atoms with Crippen molar-refractivity contribution >= 4 is 18.3 Å². The van der Waals surface area contributed by atoms with Gasteiger partial charge in [0.2, 0.25) is 5.91 Å². The molecule has 0 radical (unpaired) electrons. The minimum Gasteiger partial charge on any atom is -0.338 e. The third kappa shape index (κ3) is 5.11. The molecule has 7 heteroatoms. The Bertz CT molecular complexity index is 551. The summed E-state index contributed by atoms with van der Waals surface area (Å²) in [6.07, 6.45) is -1.23. The maximum absolute atomic E-state index is 12.8. The second-order valence-corrected chi connectivity index (χ2v) is 6.20. The number of halogens is 4. The van der Waals surface area contributed by atoms with Crippen LogP contribution in [-0.4, -0.2) is 29.9 Å². The molecule has 3 nitrogen and oxygen atoms in total. The third-order valence-corrected chi connectivity index (χ3v) is 4.48. The highest BCUT2D eigenvalue weighted by Crippen LogP contribution is 2.32. The van der Waals surface area contributed by atoms with Crippen molar-refractivity contribution in [3.05, 3.63) is 35.4 Å². The van der Waals surface area contributed by atoms with Crippen molar-refractivity contribution in [2.75, 3.05) is 13.1 Å². The highest BCUT2D eigenvalue weighted by atomic mass is 35.5. The van der Waals surface area contributed by atoms with Crippen molar-refractivity contribution in [3.63, 3.8) is 0 Å². The van der Waals surface area contributed by atoms with Crippen LogP contribution in [0.3, 0.4) is 0 Å². The van der Waals surface area contributed by atoms with Gasteiger partial charge in [-0.3, -0.25) is 4.79 Å². The Kier molecular flexibility index (Phi) is 7.55. The zero-order valence-corrected chi connectivity index (χ0v) is 14.5. The number of alkyl halides is 3. The molecule has 1 saturated heterocycles. The monoisotopic (exact) mass is 364 g/mol. The quantitative estimate of drug-likeness (QED) is 0.879. The Morgan fingerprint density at radius 1 is 1.38 bits per heavy atom. The van der Waals surface area contributed by atoms with E-state index in [1.807, 2.05) is 0 Å². The molecular formula is C17H24ClF3N2O. The van der Waals surface area contributed by atoms with Crippen LogP contribution in [0.15, 0.2) is 24.3 Å². The smallest absolute Gasteiger partial charge is 0.338 e. The molecule has 1 aromatic rings. The highest BCUT2D eigenvalue weighted by molar-refractivity contribution is 5.85. The molecular weight excluding hydrogens is 341 g/mol. The lowest BCUT2D eigenvalue weighted by Crippen LogP contribution is -2.47. The second kappa shape index (κ2) is 8.72. The van der Waals surface area contributed by atoms with Gasteiger partial charge in [-0.1, -0.05) is 25.1 Å². The molecule has 2 N–H and O–H groups in total. The van der Waals surface area contributed by atoms with E-state index < -0.39 is 11.7 Å². The molecule has 1 amide bonds. The van der Waals surface area contributed by atoms with E-state index in [1.165, 1.54) is 6.07 Å². The van der Waals surface area contributed by atoms with E-state index in [9.17, 15) is 18.0 Å². The van der Waals surface area contributed by atoms with Crippen LogP contribution in [0.2, 0.25) is 0 Å². The first kappa shape index (κ1) is 20.8. The Hall–Kier alpha value is -1.27. The van der Waals surface area contributed by atoms with Gasteiger partial charge >= 0.3 is 6.18 Å². The zero-order chi connectivity index (χ0) is 17.0. The van der Waals surface area contributed by atoms with E-state index in [1.54, 1.807) is 17.9 Å². The van der Waals surface area contributed by atoms with Gasteiger partial charge < -0.3 is 10.6 Å². The molecule has 0 bridgehead atoms. The van der Waals surface area contributed by atoms with Gasteiger partial charge in [0.05, 0.1) is 5.56 Å². The average Bonchev–Trinajstić information content (AvgIpc) is 2.54. The number of rotatable bonds is 4. The zero-order valence-electron chi connectivity index (χ0n) is 13.7. The van der Waals surface area contributed by atoms with Gasteiger partial charge in [-0.05, 0) is 36.8 Å². The number of amides is 1. The molecule has 1 fully saturated rings. The number of carbonyl (C=O) groups is 1. The van der Waals surface area contributed by atoms with Crippen molar-refractivity contribution in [1.29, 1.82) is 0 Å². The van der Waals surface area contributed by atoms with Crippen molar-refractivity contribution < 1.29 is 18.0 Å². The maximum atomic E-state index is 12.8. The number of nitrogens with zero attached hydrogens (tertiary/aromatic N) is 1. The molecule has 1 aliphatic heterocycles. The molecule has 136 valence electrons. The molecule has 1 aliphatic rings. The lowest BCUT2D eigenvalue weighted by molar-refractivity contribution is -0.137. The molecule has 0 aliphatic carbocycles. The van der Waals surface area contributed by atoms with Crippen LogP contribution in [0.25, 0.3) is 0 Å². The van der Waals surface area contributed by atoms with Crippen molar-refractivity contribution in [2.45, 2.75) is 50.7 Å². The number of likely N-dealkylation sites (tertiary alicyclic amines) is 1. The van der Waals surface area contributed by atoms with Gasteiger partial charge in [-0.25, -0.2) is 0 Å². The Labute approximate surface area is 146 Å². The molecule has 0 spiro atoms.